The second-order valence-corrected chi connectivity index (χ2v) is 6.69. The summed E-state index contributed by atoms with van der Waals surface area (Å²) in [5.41, 5.74) is 6.68. The average Bonchev–Trinajstić information content (AvgIpc) is 3.24. The monoisotopic (exact) mass is 405 g/mol. The van der Waals surface area contributed by atoms with Crippen LogP contribution in [0.3, 0.4) is 0 Å². The number of imidazole rings is 1. The number of nitrogens with zero attached hydrogens (tertiary/aromatic N) is 4. The molecule has 3 aromatic rings. The summed E-state index contributed by atoms with van der Waals surface area (Å²) in [6.45, 7) is 1.83. The van der Waals surface area contributed by atoms with Crippen LogP contribution >= 0.6 is 11.6 Å². The van der Waals surface area contributed by atoms with E-state index in [0.717, 1.165) is 0 Å². The van der Waals surface area contributed by atoms with E-state index in [1.165, 1.54) is 10.9 Å². The van der Waals surface area contributed by atoms with Gasteiger partial charge in [0.1, 0.15) is 11.6 Å². The van der Waals surface area contributed by atoms with Gasteiger partial charge in [-0.05, 0) is 30.2 Å². The molecule has 1 saturated heterocycles. The Morgan fingerprint density at radius 3 is 2.82 bits per heavy atom. The quantitative estimate of drug-likeness (QED) is 0.525. The molecule has 3 heterocycles. The summed E-state index contributed by atoms with van der Waals surface area (Å²) in [6.07, 6.45) is -2.61. The number of carbonyl (C=O) groups excluding carboxylic acids is 1. The summed E-state index contributed by atoms with van der Waals surface area (Å²) >= 11 is 5.87. The van der Waals surface area contributed by atoms with Crippen molar-refractivity contribution in [2.45, 2.75) is 38.0 Å². The fourth-order valence-electron chi connectivity index (χ4n) is 3.25. The molecule has 2 aromatic heterocycles. The van der Waals surface area contributed by atoms with Gasteiger partial charge in [0, 0.05) is 0 Å². The van der Waals surface area contributed by atoms with Crippen LogP contribution in [-0.2, 0) is 9.47 Å². The van der Waals surface area contributed by atoms with Crippen LogP contribution in [0.5, 0.6) is 0 Å². The van der Waals surface area contributed by atoms with Crippen LogP contribution in [0.15, 0.2) is 36.7 Å². The maximum absolute atomic E-state index is 15.3. The van der Waals surface area contributed by atoms with Gasteiger partial charge in [-0.25, -0.2) is 14.2 Å². The van der Waals surface area contributed by atoms with Crippen molar-refractivity contribution in [1.29, 1.82) is 0 Å². The van der Waals surface area contributed by atoms with Gasteiger partial charge in [-0.1, -0.05) is 25.1 Å². The van der Waals surface area contributed by atoms with Gasteiger partial charge >= 0.3 is 5.97 Å². The summed E-state index contributed by atoms with van der Waals surface area (Å²) in [4.78, 5) is 24.4. The van der Waals surface area contributed by atoms with Crippen LogP contribution in [-0.4, -0.2) is 43.9 Å². The van der Waals surface area contributed by atoms with Crippen molar-refractivity contribution in [3.8, 4) is 0 Å². The molecule has 8 nitrogen and oxygen atoms in total. The first-order valence-electron chi connectivity index (χ1n) is 8.70. The van der Waals surface area contributed by atoms with E-state index in [1.807, 2.05) is 6.92 Å². The molecule has 1 aliphatic heterocycles. The zero-order valence-electron chi connectivity index (χ0n) is 14.8. The van der Waals surface area contributed by atoms with Gasteiger partial charge in [0.15, 0.2) is 30.0 Å². The molecule has 4 atom stereocenters. The number of fused-ring (bicyclic) bond motifs is 1. The average molecular weight is 406 g/mol. The lowest BCUT2D eigenvalue weighted by molar-refractivity contribution is -0.0296. The molecule has 146 valence electrons. The Balaban J connectivity index is 1.63. The van der Waals surface area contributed by atoms with Crippen molar-refractivity contribution in [1.82, 2.24) is 19.5 Å². The van der Waals surface area contributed by atoms with Crippen LogP contribution in [0.4, 0.5) is 10.2 Å². The van der Waals surface area contributed by atoms with E-state index in [2.05, 4.69) is 15.0 Å². The number of halogens is 2. The number of carbonyl (C=O) groups is 1. The number of hydrogen-bond acceptors (Lipinski definition) is 7. The van der Waals surface area contributed by atoms with E-state index in [4.69, 9.17) is 26.8 Å². The summed E-state index contributed by atoms with van der Waals surface area (Å²) in [5.74, 6) is -0.526. The SMILES string of the molecule is CC[C@H]1O[C@@H](n2cnc3c(N)nc(Cl)nc32)[C@@H](F)C1OC(=O)c1ccccc1. The van der Waals surface area contributed by atoms with E-state index in [1.54, 1.807) is 30.3 Å². The molecule has 1 aromatic carbocycles. The molecule has 1 fully saturated rings. The van der Waals surface area contributed by atoms with Crippen molar-refractivity contribution in [2.24, 2.45) is 0 Å². The highest BCUT2D eigenvalue weighted by molar-refractivity contribution is 6.28. The molecule has 0 aliphatic carbocycles. The van der Waals surface area contributed by atoms with Crippen molar-refractivity contribution in [3.05, 3.63) is 47.5 Å². The predicted octanol–water partition coefficient (Wildman–Crippen LogP) is 2.93. The number of alkyl halides is 1. The molecule has 1 unspecified atom stereocenters. The van der Waals surface area contributed by atoms with Crippen molar-refractivity contribution in [3.63, 3.8) is 0 Å². The summed E-state index contributed by atoms with van der Waals surface area (Å²) in [5, 5.41) is -0.0840. The number of ether oxygens (including phenoxy) is 2. The zero-order valence-corrected chi connectivity index (χ0v) is 15.6. The van der Waals surface area contributed by atoms with Crippen LogP contribution in [0.1, 0.15) is 29.9 Å². The van der Waals surface area contributed by atoms with Crippen LogP contribution in [0, 0.1) is 0 Å². The highest BCUT2D eigenvalue weighted by atomic mass is 35.5. The van der Waals surface area contributed by atoms with Gasteiger partial charge < -0.3 is 15.2 Å². The Morgan fingerprint density at radius 2 is 2.11 bits per heavy atom. The first-order chi connectivity index (χ1) is 13.5. The van der Waals surface area contributed by atoms with Gasteiger partial charge in [-0.2, -0.15) is 9.97 Å². The third-order valence-electron chi connectivity index (χ3n) is 4.62. The predicted molar refractivity (Wildman–Crippen MR) is 99.5 cm³/mol. The molecule has 0 saturated carbocycles. The molecule has 0 spiro atoms. The zero-order chi connectivity index (χ0) is 19.8. The van der Waals surface area contributed by atoms with Gasteiger partial charge in [0.05, 0.1) is 11.9 Å². The molecule has 4 rings (SSSR count). The fraction of sp³-hybridized carbons (Fsp3) is 0.333. The molecule has 0 radical (unpaired) electrons. The minimum absolute atomic E-state index is 0.0840. The van der Waals surface area contributed by atoms with E-state index < -0.39 is 30.6 Å². The molecular formula is C18H17ClFN5O3. The lowest BCUT2D eigenvalue weighted by Crippen LogP contribution is -2.33. The third-order valence-corrected chi connectivity index (χ3v) is 4.79. The number of esters is 1. The largest absolute Gasteiger partial charge is 0.453 e. The fourth-order valence-corrected chi connectivity index (χ4v) is 3.42. The number of nitrogens with two attached hydrogens (primary N) is 1. The number of hydrogen-bond donors (Lipinski definition) is 1. The standard InChI is InChI=1S/C18H17ClFN5O3/c1-2-10-13(28-17(26)9-6-4-3-5-7-9)11(20)16(27-10)25-8-22-12-14(21)23-18(19)24-15(12)25/h3-8,10-11,13,16H,2H2,1H3,(H2,21,23,24)/t10-,11+,13?,16-/m1/s1. The molecule has 0 amide bonds. The Morgan fingerprint density at radius 1 is 1.36 bits per heavy atom. The highest BCUT2D eigenvalue weighted by Gasteiger charge is 2.48. The number of rotatable bonds is 4. The van der Waals surface area contributed by atoms with Crippen molar-refractivity contribution >= 4 is 34.6 Å². The Labute approximate surface area is 164 Å². The lowest BCUT2D eigenvalue weighted by atomic mass is 10.1. The highest BCUT2D eigenvalue weighted by Crippen LogP contribution is 2.37. The topological polar surface area (TPSA) is 105 Å². The minimum atomic E-state index is -1.63. The van der Waals surface area contributed by atoms with Gasteiger partial charge in [0.25, 0.3) is 0 Å². The number of benzene rings is 1. The van der Waals surface area contributed by atoms with Crippen LogP contribution in [0.25, 0.3) is 11.2 Å². The maximum atomic E-state index is 15.3. The van der Waals surface area contributed by atoms with Crippen molar-refractivity contribution < 1.29 is 18.7 Å². The number of nitrogen functional groups attached to an aromatic ring is 1. The molecule has 28 heavy (non-hydrogen) atoms. The summed E-state index contributed by atoms with van der Waals surface area (Å²) in [6, 6.07) is 8.41. The summed E-state index contributed by atoms with van der Waals surface area (Å²) < 4.78 is 28.0. The normalized spacial score (nSPS) is 24.5. The van der Waals surface area contributed by atoms with Gasteiger partial charge in [0.2, 0.25) is 5.28 Å². The van der Waals surface area contributed by atoms with Gasteiger partial charge in [-0.3, -0.25) is 4.57 Å². The van der Waals surface area contributed by atoms with E-state index in [0.29, 0.717) is 12.0 Å². The molecule has 2 N–H and O–H groups in total. The number of aromatic nitrogens is 4. The second-order valence-electron chi connectivity index (χ2n) is 6.36. The molecule has 1 aliphatic rings. The number of anilines is 1. The van der Waals surface area contributed by atoms with Crippen LogP contribution < -0.4 is 5.73 Å². The Hall–Kier alpha value is -2.78. The molecular weight excluding hydrogens is 389 g/mol. The molecule has 10 heteroatoms. The van der Waals surface area contributed by atoms with Crippen LogP contribution in [0.2, 0.25) is 5.28 Å². The first kappa shape index (κ1) is 18.6. The van der Waals surface area contributed by atoms with E-state index in [9.17, 15) is 4.79 Å². The Kier molecular flexibility index (Phi) is 4.86. The second kappa shape index (κ2) is 7.33. The van der Waals surface area contributed by atoms with E-state index in [-0.39, 0.29) is 22.3 Å². The lowest BCUT2D eigenvalue weighted by Gasteiger charge is -2.18. The third kappa shape index (κ3) is 3.16. The summed E-state index contributed by atoms with van der Waals surface area (Å²) in [7, 11) is 0. The molecule has 0 bridgehead atoms. The minimum Gasteiger partial charge on any atom is -0.453 e. The Bertz CT molecular complexity index is 1020. The smallest absolute Gasteiger partial charge is 0.338 e. The maximum Gasteiger partial charge on any atom is 0.338 e. The van der Waals surface area contributed by atoms with Crippen molar-refractivity contribution in [2.75, 3.05) is 5.73 Å². The van der Waals surface area contributed by atoms with Gasteiger partial charge in [-0.15, -0.1) is 0 Å². The first-order valence-corrected chi connectivity index (χ1v) is 9.08. The van der Waals surface area contributed by atoms with E-state index >= 15 is 4.39 Å².